The van der Waals surface area contributed by atoms with Gasteiger partial charge in [-0.1, -0.05) is 60.3 Å². The first-order chi connectivity index (χ1) is 15.1. The highest BCUT2D eigenvalue weighted by Gasteiger charge is 2.28. The number of benzene rings is 2. The summed E-state index contributed by atoms with van der Waals surface area (Å²) in [5.74, 6) is 0.780. The van der Waals surface area contributed by atoms with Gasteiger partial charge in [0.05, 0.1) is 28.5 Å². The van der Waals surface area contributed by atoms with E-state index in [9.17, 15) is 4.79 Å². The summed E-state index contributed by atoms with van der Waals surface area (Å²) in [7, 11) is 0. The number of para-hydroxylation sites is 1. The van der Waals surface area contributed by atoms with E-state index in [1.165, 1.54) is 16.0 Å². The maximum absolute atomic E-state index is 13.8. The smallest absolute Gasteiger partial charge is 0.267 e. The van der Waals surface area contributed by atoms with Crippen LogP contribution in [0.3, 0.4) is 0 Å². The Kier molecular flexibility index (Phi) is 5.69. The molecule has 1 aliphatic rings. The molecule has 0 radical (unpaired) electrons. The Morgan fingerprint density at radius 3 is 2.52 bits per heavy atom. The van der Waals surface area contributed by atoms with Crippen molar-refractivity contribution in [3.63, 3.8) is 0 Å². The number of thioether (sulfide) groups is 1. The topological polar surface area (TPSA) is 39.3 Å². The van der Waals surface area contributed by atoms with Crippen LogP contribution in [0, 0.1) is 0 Å². The second-order valence-corrected chi connectivity index (χ2v) is 10.3. The number of thiophene rings is 1. The van der Waals surface area contributed by atoms with E-state index >= 15 is 0 Å². The second kappa shape index (κ2) is 8.61. The van der Waals surface area contributed by atoms with Crippen LogP contribution in [0.4, 0.5) is 0 Å². The van der Waals surface area contributed by atoms with E-state index in [0.717, 1.165) is 46.3 Å². The van der Waals surface area contributed by atoms with Crippen LogP contribution in [-0.2, 0) is 18.7 Å². The summed E-state index contributed by atoms with van der Waals surface area (Å²) in [4.78, 5) is 22.7. The average Bonchev–Trinajstić information content (AvgIpc) is 3.16. The van der Waals surface area contributed by atoms with Crippen LogP contribution in [0.5, 0.6) is 0 Å². The molecular formula is C25H26N3OS2+. The fraction of sp³-hybridized carbons (Fsp3) is 0.280. The lowest BCUT2D eigenvalue weighted by molar-refractivity contribution is -0.936. The van der Waals surface area contributed by atoms with Gasteiger partial charge >= 0.3 is 0 Å². The fourth-order valence-corrected chi connectivity index (χ4v) is 6.52. The van der Waals surface area contributed by atoms with Crippen molar-refractivity contribution in [1.82, 2.24) is 9.55 Å². The number of hydrogen-bond acceptors (Lipinski definition) is 4. The highest BCUT2D eigenvalue weighted by Crippen LogP contribution is 2.32. The van der Waals surface area contributed by atoms with Crippen LogP contribution in [0.2, 0.25) is 0 Å². The number of hydrogen-bond donors (Lipinski definition) is 1. The zero-order valence-corrected chi connectivity index (χ0v) is 19.4. The minimum atomic E-state index is 0.0669. The average molecular weight is 449 g/mol. The molecule has 6 heteroatoms. The van der Waals surface area contributed by atoms with Gasteiger partial charge in [-0.2, -0.15) is 0 Å². The Balaban J connectivity index is 1.64. The van der Waals surface area contributed by atoms with Crippen molar-refractivity contribution in [2.24, 2.45) is 0 Å². The van der Waals surface area contributed by atoms with Crippen molar-refractivity contribution < 1.29 is 4.90 Å². The lowest BCUT2D eigenvalue weighted by Gasteiger charge is -2.27. The van der Waals surface area contributed by atoms with Gasteiger partial charge < -0.3 is 4.90 Å². The molecule has 5 rings (SSSR count). The number of fused-ring (bicyclic) bond motifs is 3. The van der Waals surface area contributed by atoms with E-state index in [1.807, 2.05) is 53.1 Å². The molecule has 1 atom stereocenters. The monoisotopic (exact) mass is 448 g/mol. The zero-order valence-electron chi connectivity index (χ0n) is 17.8. The summed E-state index contributed by atoms with van der Waals surface area (Å²) in [5.41, 5.74) is 3.40. The molecule has 1 N–H and O–H groups in total. The van der Waals surface area contributed by atoms with Gasteiger partial charge in [0.1, 0.15) is 11.4 Å². The van der Waals surface area contributed by atoms with Gasteiger partial charge in [-0.3, -0.25) is 9.36 Å². The standard InChI is InChI=1S/C25H25N3OS2/c1-17(2)27-14-13-20-21(15-27)31-23-22(20)24(29)28(19-11-7-4-8-12-19)25(26-23)30-16-18-9-5-3-6-10-18/h3-12,17H,13-16H2,1-2H3/p+1. The van der Waals surface area contributed by atoms with Crippen molar-refractivity contribution >= 4 is 33.3 Å². The number of nitrogens with one attached hydrogen (secondary N) is 1. The Hall–Kier alpha value is -2.41. The zero-order chi connectivity index (χ0) is 21.4. The highest BCUT2D eigenvalue weighted by molar-refractivity contribution is 7.98. The quantitative estimate of drug-likeness (QED) is 0.369. The molecule has 31 heavy (non-hydrogen) atoms. The molecule has 2 aromatic carbocycles. The molecule has 4 aromatic rings. The first-order valence-corrected chi connectivity index (χ1v) is 12.6. The Labute approximate surface area is 190 Å². The SMILES string of the molecule is CC(C)[NH+]1CCc2c(sc3nc(SCc4ccccc4)n(-c4ccccc4)c(=O)c23)C1. The molecule has 1 aliphatic heterocycles. The third kappa shape index (κ3) is 3.95. The van der Waals surface area contributed by atoms with Crippen molar-refractivity contribution in [2.45, 2.75) is 43.8 Å². The van der Waals surface area contributed by atoms with Crippen molar-refractivity contribution in [3.8, 4) is 5.69 Å². The number of quaternary nitrogens is 1. The molecular weight excluding hydrogens is 422 g/mol. The van der Waals surface area contributed by atoms with Crippen LogP contribution >= 0.6 is 23.1 Å². The first-order valence-electron chi connectivity index (χ1n) is 10.8. The molecule has 158 valence electrons. The maximum Gasteiger partial charge on any atom is 0.267 e. The summed E-state index contributed by atoms with van der Waals surface area (Å²) < 4.78 is 1.81. The molecule has 3 heterocycles. The predicted molar refractivity (Wildman–Crippen MR) is 130 cm³/mol. The van der Waals surface area contributed by atoms with Crippen LogP contribution in [0.25, 0.3) is 15.9 Å². The van der Waals surface area contributed by atoms with Crippen LogP contribution in [-0.4, -0.2) is 22.1 Å². The van der Waals surface area contributed by atoms with Gasteiger partial charge in [0.15, 0.2) is 5.16 Å². The van der Waals surface area contributed by atoms with Crippen LogP contribution < -0.4 is 10.5 Å². The molecule has 1 unspecified atom stereocenters. The summed E-state index contributed by atoms with van der Waals surface area (Å²) >= 11 is 3.34. The molecule has 0 bridgehead atoms. The summed E-state index contributed by atoms with van der Waals surface area (Å²) in [6, 6.07) is 20.9. The van der Waals surface area contributed by atoms with E-state index in [1.54, 1.807) is 28.0 Å². The van der Waals surface area contributed by atoms with Gasteiger partial charge in [-0.05, 0) is 37.1 Å². The molecule has 0 saturated heterocycles. The van der Waals surface area contributed by atoms with Gasteiger partial charge in [0.2, 0.25) is 0 Å². The first kappa shape index (κ1) is 20.5. The summed E-state index contributed by atoms with van der Waals surface area (Å²) in [6.07, 6.45) is 0.949. The normalized spacial score (nSPS) is 16.0. The minimum Gasteiger partial charge on any atom is -0.328 e. The van der Waals surface area contributed by atoms with Crippen molar-refractivity contribution in [2.75, 3.05) is 6.54 Å². The molecule has 0 fully saturated rings. The van der Waals surface area contributed by atoms with E-state index in [2.05, 4.69) is 26.0 Å². The Bertz CT molecular complexity index is 1260. The summed E-state index contributed by atoms with van der Waals surface area (Å²) in [5, 5.41) is 1.59. The number of nitrogens with zero attached hydrogens (tertiary/aromatic N) is 2. The number of rotatable bonds is 5. The van der Waals surface area contributed by atoms with Crippen molar-refractivity contribution in [3.05, 3.63) is 87.0 Å². The second-order valence-electron chi connectivity index (χ2n) is 8.32. The Morgan fingerprint density at radius 2 is 1.81 bits per heavy atom. The summed E-state index contributed by atoms with van der Waals surface area (Å²) in [6.45, 7) is 6.61. The predicted octanol–water partition coefficient (Wildman–Crippen LogP) is 4.09. The molecule has 4 nitrogen and oxygen atoms in total. The molecule has 2 aromatic heterocycles. The van der Waals surface area contributed by atoms with E-state index in [4.69, 9.17) is 4.98 Å². The number of aromatic nitrogens is 2. The van der Waals surface area contributed by atoms with E-state index in [-0.39, 0.29) is 5.56 Å². The lowest BCUT2D eigenvalue weighted by atomic mass is 10.0. The van der Waals surface area contributed by atoms with Gasteiger partial charge in [0, 0.05) is 12.2 Å². The Morgan fingerprint density at radius 1 is 1.10 bits per heavy atom. The fourth-order valence-electron chi connectivity index (χ4n) is 4.24. The third-order valence-electron chi connectivity index (χ3n) is 6.00. The molecule has 0 amide bonds. The highest BCUT2D eigenvalue weighted by atomic mass is 32.2. The van der Waals surface area contributed by atoms with E-state index in [0.29, 0.717) is 6.04 Å². The third-order valence-corrected chi connectivity index (χ3v) is 8.14. The van der Waals surface area contributed by atoms with Gasteiger partial charge in [0.25, 0.3) is 5.56 Å². The van der Waals surface area contributed by atoms with Gasteiger partial charge in [-0.25, -0.2) is 4.98 Å². The largest absolute Gasteiger partial charge is 0.328 e. The molecule has 0 saturated carbocycles. The lowest BCUT2D eigenvalue weighted by Crippen LogP contribution is -3.14. The van der Waals surface area contributed by atoms with Gasteiger partial charge in [-0.15, -0.1) is 11.3 Å². The van der Waals surface area contributed by atoms with E-state index < -0.39 is 0 Å². The maximum atomic E-state index is 13.8. The minimum absolute atomic E-state index is 0.0669. The van der Waals surface area contributed by atoms with Crippen LogP contribution in [0.1, 0.15) is 29.9 Å². The van der Waals surface area contributed by atoms with Crippen LogP contribution in [0.15, 0.2) is 70.6 Å². The van der Waals surface area contributed by atoms with Crippen molar-refractivity contribution in [1.29, 1.82) is 0 Å². The molecule has 0 spiro atoms. The molecule has 0 aliphatic carbocycles.